The normalized spacial score (nSPS) is 20.4. The predicted octanol–water partition coefficient (Wildman–Crippen LogP) is 6.52. The highest BCUT2D eigenvalue weighted by atomic mass is 16.3. The maximum absolute atomic E-state index is 13.1. The number of aromatic hydroxyl groups is 1. The van der Waals surface area contributed by atoms with E-state index in [9.17, 15) is 19.5 Å². The van der Waals surface area contributed by atoms with Crippen LogP contribution in [-0.4, -0.2) is 95.9 Å². The number of carbonyl (C=O) groups is 3. The van der Waals surface area contributed by atoms with Gasteiger partial charge in [-0.15, -0.1) is 0 Å². The van der Waals surface area contributed by atoms with Crippen molar-refractivity contribution < 1.29 is 19.5 Å². The number of nitrogens with zero attached hydrogens (tertiary/aromatic N) is 4. The smallest absolute Gasteiger partial charge is 0.255 e. The highest BCUT2D eigenvalue weighted by Crippen LogP contribution is 2.37. The molecule has 4 aliphatic rings. The summed E-state index contributed by atoms with van der Waals surface area (Å²) < 4.78 is 0. The van der Waals surface area contributed by atoms with Gasteiger partial charge in [0.2, 0.25) is 11.8 Å². The number of fused-ring (bicyclic) bond motifs is 1. The Kier molecular flexibility index (Phi) is 10.8. The molecule has 1 unspecified atom stereocenters. The number of phenols is 1. The molecule has 9 heteroatoms. The van der Waals surface area contributed by atoms with Crippen LogP contribution in [0.2, 0.25) is 0 Å². The number of hydrogen-bond acceptors (Lipinski definition) is 7. The molecule has 284 valence electrons. The Morgan fingerprint density at radius 2 is 1.38 bits per heavy atom. The molecule has 0 radical (unpaired) electrons. The predicted molar refractivity (Wildman–Crippen MR) is 217 cm³/mol. The molecule has 55 heavy (non-hydrogen) atoms. The highest BCUT2D eigenvalue weighted by molar-refractivity contribution is 6.05. The van der Waals surface area contributed by atoms with Crippen LogP contribution in [0, 0.1) is 0 Å². The maximum atomic E-state index is 13.1. The van der Waals surface area contributed by atoms with Crippen LogP contribution in [0.3, 0.4) is 0 Å². The van der Waals surface area contributed by atoms with Gasteiger partial charge in [-0.3, -0.25) is 24.6 Å². The summed E-state index contributed by atoms with van der Waals surface area (Å²) in [6, 6.07) is 32.9. The fourth-order valence-corrected chi connectivity index (χ4v) is 8.99. The van der Waals surface area contributed by atoms with E-state index < -0.39 is 6.04 Å². The lowest BCUT2D eigenvalue weighted by molar-refractivity contribution is -0.136. The number of piperidine rings is 2. The monoisotopic (exact) mass is 737 g/mol. The van der Waals surface area contributed by atoms with Crippen LogP contribution in [0.4, 0.5) is 5.69 Å². The van der Waals surface area contributed by atoms with Crippen molar-refractivity contribution in [2.45, 2.75) is 57.5 Å². The van der Waals surface area contributed by atoms with Crippen molar-refractivity contribution >= 4 is 34.6 Å². The number of hydrogen-bond donors (Lipinski definition) is 2. The lowest BCUT2D eigenvalue weighted by Crippen LogP contribution is -2.52. The van der Waals surface area contributed by atoms with Crippen molar-refractivity contribution in [2.75, 3.05) is 57.3 Å². The summed E-state index contributed by atoms with van der Waals surface area (Å²) in [5, 5.41) is 12.4. The topological polar surface area (TPSA) is 96.4 Å². The first kappa shape index (κ1) is 36.7. The molecule has 0 saturated carbocycles. The van der Waals surface area contributed by atoms with Gasteiger partial charge < -0.3 is 19.8 Å². The first-order valence-electron chi connectivity index (χ1n) is 20.0. The average molecular weight is 738 g/mol. The lowest BCUT2D eigenvalue weighted by Gasteiger charge is -2.38. The SMILES string of the molecule is CCC(=C(c1ccc(O)cc1)c1ccc(C2CCN(CCN3CCN(c4ccc5c(c4)CN(C4CCC(=O)NC4=O)C5=O)CC3)CC2)cc1)c1ccccc1. The summed E-state index contributed by atoms with van der Waals surface area (Å²) in [4.78, 5) is 46.4. The Hall–Kier alpha value is -5.25. The van der Waals surface area contributed by atoms with Crippen LogP contribution in [0.15, 0.2) is 97.1 Å². The second-order valence-electron chi connectivity index (χ2n) is 15.4. The zero-order valence-electron chi connectivity index (χ0n) is 31.8. The number of likely N-dealkylation sites (tertiary alicyclic amines) is 1. The van der Waals surface area contributed by atoms with Gasteiger partial charge in [-0.2, -0.15) is 0 Å². The first-order valence-corrected chi connectivity index (χ1v) is 20.0. The second kappa shape index (κ2) is 16.2. The number of anilines is 1. The minimum atomic E-state index is -0.587. The van der Waals surface area contributed by atoms with Crippen molar-refractivity contribution in [3.05, 3.63) is 130 Å². The number of allylic oxidation sites excluding steroid dienone is 1. The summed E-state index contributed by atoms with van der Waals surface area (Å²) in [7, 11) is 0. The van der Waals surface area contributed by atoms with Crippen LogP contribution in [0.5, 0.6) is 5.75 Å². The van der Waals surface area contributed by atoms with Crippen molar-refractivity contribution in [1.29, 1.82) is 0 Å². The summed E-state index contributed by atoms with van der Waals surface area (Å²) >= 11 is 0. The number of carbonyl (C=O) groups excluding carboxylic acids is 3. The summed E-state index contributed by atoms with van der Waals surface area (Å²) in [6.45, 7) is 10.9. The molecule has 4 heterocycles. The van der Waals surface area contributed by atoms with Gasteiger partial charge in [-0.05, 0) is 114 Å². The number of rotatable bonds is 10. The van der Waals surface area contributed by atoms with Crippen molar-refractivity contribution in [3.63, 3.8) is 0 Å². The maximum Gasteiger partial charge on any atom is 0.255 e. The van der Waals surface area contributed by atoms with Crippen LogP contribution in [-0.2, 0) is 16.1 Å². The molecule has 1 atom stereocenters. The Morgan fingerprint density at radius 1 is 0.727 bits per heavy atom. The highest BCUT2D eigenvalue weighted by Gasteiger charge is 2.39. The van der Waals surface area contributed by atoms with Gasteiger partial charge in [0.05, 0.1) is 0 Å². The standard InChI is InChI=1S/C46H51N5O4/c1-2-40(34-6-4-3-5-7-34)44(36-12-15-39(52)16-13-36)35-10-8-32(9-11-35)33-20-22-48(23-21-33)24-25-49-26-28-50(29-27-49)38-14-17-41-37(30-38)31-51(46(41)55)42-18-19-43(53)47-45(42)54/h3-17,30,33,42,52H,2,18-29,31H2,1H3,(H,47,53,54). The van der Waals surface area contributed by atoms with E-state index in [1.165, 1.54) is 40.7 Å². The molecule has 9 nitrogen and oxygen atoms in total. The van der Waals surface area contributed by atoms with Gasteiger partial charge in [0, 0.05) is 63.5 Å². The van der Waals surface area contributed by atoms with Crippen molar-refractivity contribution in [3.8, 4) is 5.75 Å². The Bertz CT molecular complexity index is 2050. The van der Waals surface area contributed by atoms with E-state index in [0.29, 0.717) is 24.4 Å². The van der Waals surface area contributed by atoms with E-state index in [-0.39, 0.29) is 29.9 Å². The number of imide groups is 1. The molecular weight excluding hydrogens is 687 g/mol. The van der Waals surface area contributed by atoms with Crippen LogP contribution < -0.4 is 10.2 Å². The van der Waals surface area contributed by atoms with E-state index in [1.54, 1.807) is 17.0 Å². The molecule has 0 spiro atoms. The van der Waals surface area contributed by atoms with E-state index in [2.05, 4.69) is 87.6 Å². The number of phenolic OH excluding ortho intramolecular Hbond substituents is 1. The third-order valence-corrected chi connectivity index (χ3v) is 12.2. The fourth-order valence-electron chi connectivity index (χ4n) is 8.99. The van der Waals surface area contributed by atoms with Gasteiger partial charge in [0.15, 0.2) is 0 Å². The van der Waals surface area contributed by atoms with Gasteiger partial charge in [0.25, 0.3) is 5.91 Å². The number of amides is 3. The third-order valence-electron chi connectivity index (χ3n) is 12.2. The largest absolute Gasteiger partial charge is 0.508 e. The molecular formula is C46H51N5O4. The molecule has 0 bridgehead atoms. The zero-order valence-corrected chi connectivity index (χ0v) is 31.8. The molecule has 3 saturated heterocycles. The Labute approximate surface area is 324 Å². The van der Waals surface area contributed by atoms with Gasteiger partial charge in [-0.25, -0.2) is 0 Å². The molecule has 3 amide bonds. The number of piperazine rings is 1. The molecule has 4 aromatic carbocycles. The average Bonchev–Trinajstić information content (AvgIpc) is 3.55. The Balaban J connectivity index is 0.824. The zero-order chi connectivity index (χ0) is 37.9. The van der Waals surface area contributed by atoms with Crippen LogP contribution in [0.1, 0.15) is 83.1 Å². The minimum absolute atomic E-state index is 0.124. The van der Waals surface area contributed by atoms with E-state index in [1.807, 2.05) is 24.3 Å². The summed E-state index contributed by atoms with van der Waals surface area (Å²) in [5.41, 5.74) is 10.2. The van der Waals surface area contributed by atoms with Gasteiger partial charge >= 0.3 is 0 Å². The van der Waals surface area contributed by atoms with Crippen LogP contribution in [0.25, 0.3) is 11.1 Å². The Morgan fingerprint density at radius 3 is 2.04 bits per heavy atom. The quantitative estimate of drug-likeness (QED) is 0.141. The first-order chi connectivity index (χ1) is 26.8. The molecule has 3 fully saturated rings. The molecule has 0 aliphatic carbocycles. The molecule has 8 rings (SSSR count). The molecule has 0 aromatic heterocycles. The number of nitrogens with one attached hydrogen (secondary N) is 1. The van der Waals surface area contributed by atoms with E-state index in [0.717, 1.165) is 75.6 Å². The van der Waals surface area contributed by atoms with Gasteiger partial charge in [-0.1, -0.05) is 73.7 Å². The fraction of sp³-hybridized carbons (Fsp3) is 0.370. The van der Waals surface area contributed by atoms with Crippen LogP contribution >= 0.6 is 0 Å². The van der Waals surface area contributed by atoms with Gasteiger partial charge in [0.1, 0.15) is 11.8 Å². The lowest BCUT2D eigenvalue weighted by atomic mass is 9.85. The summed E-state index contributed by atoms with van der Waals surface area (Å²) in [6.07, 6.45) is 3.88. The van der Waals surface area contributed by atoms with E-state index >= 15 is 0 Å². The third kappa shape index (κ3) is 7.95. The number of benzene rings is 4. The van der Waals surface area contributed by atoms with E-state index in [4.69, 9.17) is 0 Å². The van der Waals surface area contributed by atoms with Crippen molar-refractivity contribution in [1.82, 2.24) is 20.0 Å². The van der Waals surface area contributed by atoms with Crippen molar-refractivity contribution in [2.24, 2.45) is 0 Å². The molecule has 4 aromatic rings. The molecule has 4 aliphatic heterocycles. The molecule has 2 N–H and O–H groups in total. The second-order valence-corrected chi connectivity index (χ2v) is 15.4. The minimum Gasteiger partial charge on any atom is -0.508 e. The summed E-state index contributed by atoms with van der Waals surface area (Å²) in [5.74, 6) is 0.0766.